The molecular formula is C41H43N7. The van der Waals surface area contributed by atoms with Crippen molar-refractivity contribution in [2.24, 2.45) is 16.3 Å². The summed E-state index contributed by atoms with van der Waals surface area (Å²) in [4.78, 5) is 21.6. The highest BCUT2D eigenvalue weighted by Crippen LogP contribution is 2.38. The van der Waals surface area contributed by atoms with Gasteiger partial charge in [0.05, 0.1) is 28.5 Å². The van der Waals surface area contributed by atoms with Crippen LogP contribution in [0.3, 0.4) is 0 Å². The zero-order valence-electron chi connectivity index (χ0n) is 28.9. The summed E-state index contributed by atoms with van der Waals surface area (Å²) >= 11 is 0. The summed E-state index contributed by atoms with van der Waals surface area (Å²) < 4.78 is 0. The first-order valence-corrected chi connectivity index (χ1v) is 17.0. The number of nitrogens with zero attached hydrogens (tertiary/aromatic N) is 6. The molecule has 0 bridgehead atoms. The Kier molecular flexibility index (Phi) is 8.30. The molecule has 1 saturated heterocycles. The number of likely N-dealkylation sites (tertiary alicyclic amines) is 1. The number of piperidine rings is 1. The molecule has 0 unspecified atom stereocenters. The smallest absolute Gasteiger partial charge is 0.160 e. The van der Waals surface area contributed by atoms with Gasteiger partial charge >= 0.3 is 0 Å². The maximum Gasteiger partial charge on any atom is 0.160 e. The van der Waals surface area contributed by atoms with Gasteiger partial charge in [-0.2, -0.15) is 5.26 Å². The molecule has 2 aromatic heterocycles. The van der Waals surface area contributed by atoms with Crippen molar-refractivity contribution in [1.29, 1.82) is 5.26 Å². The van der Waals surface area contributed by atoms with Crippen molar-refractivity contribution < 1.29 is 0 Å². The molecule has 0 radical (unpaired) electrons. The Labute approximate surface area is 283 Å². The van der Waals surface area contributed by atoms with Crippen LogP contribution in [-0.2, 0) is 13.0 Å². The molecule has 48 heavy (non-hydrogen) atoms. The van der Waals surface area contributed by atoms with Crippen LogP contribution in [-0.4, -0.2) is 38.7 Å². The van der Waals surface area contributed by atoms with Crippen molar-refractivity contribution >= 4 is 33.9 Å². The van der Waals surface area contributed by atoms with E-state index in [0.717, 1.165) is 87.1 Å². The first-order chi connectivity index (χ1) is 23.1. The van der Waals surface area contributed by atoms with E-state index in [9.17, 15) is 5.26 Å². The quantitative estimate of drug-likeness (QED) is 0.201. The minimum Gasteiger partial charge on any atom is -0.338 e. The molecule has 7 heteroatoms. The van der Waals surface area contributed by atoms with Crippen LogP contribution in [0.25, 0.3) is 22.2 Å². The largest absolute Gasteiger partial charge is 0.338 e. The van der Waals surface area contributed by atoms with Crippen molar-refractivity contribution in [3.05, 3.63) is 106 Å². The van der Waals surface area contributed by atoms with Crippen molar-refractivity contribution in [2.75, 3.05) is 18.4 Å². The second kappa shape index (κ2) is 12.6. The zero-order valence-corrected chi connectivity index (χ0v) is 28.9. The molecule has 1 N–H and O–H groups in total. The first kappa shape index (κ1) is 31.7. The van der Waals surface area contributed by atoms with Gasteiger partial charge in [-0.15, -0.1) is 0 Å². The van der Waals surface area contributed by atoms with E-state index < -0.39 is 0 Å². The van der Waals surface area contributed by atoms with Crippen molar-refractivity contribution in [3.8, 4) is 17.2 Å². The molecule has 2 aliphatic rings. The lowest BCUT2D eigenvalue weighted by Crippen LogP contribution is -2.37. The standard InChI is InChI=1S/C41H43N7/c1-25-17-38-39(43-23-25)40(45-27(3)44-38)46-32-10-7-9-29(20-32)33-11-8-12-34(26(33)2)37-21-35-30(22-42)18-28(19-36(35)47-37)24-48-15-13-31(14-16-48)41(4,5)6/h7-12,17-20,23,31H,13-16,21,24H2,1-6H3,(H,44,45,46). The third kappa shape index (κ3) is 6.33. The lowest BCUT2D eigenvalue weighted by atomic mass is 9.75. The average Bonchev–Trinajstić information content (AvgIpc) is 3.48. The van der Waals surface area contributed by atoms with Crippen LogP contribution < -0.4 is 5.32 Å². The Morgan fingerprint density at radius 3 is 2.48 bits per heavy atom. The fourth-order valence-corrected chi connectivity index (χ4v) is 7.40. The number of aryl methyl sites for hydroxylation is 2. The van der Waals surface area contributed by atoms with Crippen LogP contribution in [0.2, 0.25) is 0 Å². The minimum absolute atomic E-state index is 0.358. The van der Waals surface area contributed by atoms with Gasteiger partial charge < -0.3 is 5.32 Å². The molecule has 0 aliphatic carbocycles. The number of fused-ring (bicyclic) bond motifs is 2. The van der Waals surface area contributed by atoms with Crippen molar-refractivity contribution in [3.63, 3.8) is 0 Å². The number of hydrogen-bond donors (Lipinski definition) is 1. The van der Waals surface area contributed by atoms with Gasteiger partial charge in [0.1, 0.15) is 11.3 Å². The lowest BCUT2D eigenvalue weighted by Gasteiger charge is -2.38. The van der Waals surface area contributed by atoms with Gasteiger partial charge in [0, 0.05) is 30.4 Å². The highest BCUT2D eigenvalue weighted by Gasteiger charge is 2.29. The van der Waals surface area contributed by atoms with Crippen LogP contribution in [0.4, 0.5) is 17.2 Å². The molecular weight excluding hydrogens is 591 g/mol. The van der Waals surface area contributed by atoms with E-state index in [1.54, 1.807) is 0 Å². The van der Waals surface area contributed by atoms with Crippen molar-refractivity contribution in [1.82, 2.24) is 19.9 Å². The SMILES string of the molecule is Cc1cnc2c(Nc3cccc(-c4cccc(C5=Nc6cc(CN7CCC(C(C)(C)C)CC7)cc(C#N)c6C5)c4C)c3)nc(C)nc2c1. The van der Waals surface area contributed by atoms with Gasteiger partial charge in [0.15, 0.2) is 5.82 Å². The Bertz CT molecular complexity index is 2100. The topological polar surface area (TPSA) is 90.1 Å². The van der Waals surface area contributed by atoms with E-state index in [1.807, 2.05) is 32.2 Å². The molecule has 242 valence electrons. The first-order valence-electron chi connectivity index (χ1n) is 17.0. The van der Waals surface area contributed by atoms with E-state index in [0.29, 0.717) is 23.5 Å². The van der Waals surface area contributed by atoms with E-state index in [2.05, 4.69) is 107 Å². The summed E-state index contributed by atoms with van der Waals surface area (Å²) in [6.07, 6.45) is 4.96. The Hall–Kier alpha value is -4.93. The summed E-state index contributed by atoms with van der Waals surface area (Å²) in [6.45, 7) is 16.2. The highest BCUT2D eigenvalue weighted by atomic mass is 15.1. The molecule has 0 saturated carbocycles. The van der Waals surface area contributed by atoms with Gasteiger partial charge in [0.2, 0.25) is 0 Å². The predicted octanol–water partition coefficient (Wildman–Crippen LogP) is 9.17. The molecule has 7 rings (SSSR count). The number of aromatic nitrogens is 3. The molecule has 3 aromatic carbocycles. The minimum atomic E-state index is 0.358. The third-order valence-corrected chi connectivity index (χ3v) is 10.1. The van der Waals surface area contributed by atoms with Gasteiger partial charge in [-0.25, -0.2) is 9.97 Å². The summed E-state index contributed by atoms with van der Waals surface area (Å²) in [5, 5.41) is 13.6. The number of pyridine rings is 1. The molecule has 0 spiro atoms. The maximum absolute atomic E-state index is 10.1. The lowest BCUT2D eigenvalue weighted by molar-refractivity contribution is 0.108. The normalized spacial score (nSPS) is 15.3. The summed E-state index contributed by atoms with van der Waals surface area (Å²) in [5.74, 6) is 2.15. The fraction of sp³-hybridized carbons (Fsp3) is 0.341. The molecule has 7 nitrogen and oxygen atoms in total. The average molecular weight is 634 g/mol. The van der Waals surface area contributed by atoms with Crippen LogP contribution in [0, 0.1) is 43.4 Å². The van der Waals surface area contributed by atoms with Crippen LogP contribution in [0.1, 0.15) is 72.8 Å². The molecule has 5 aromatic rings. The van der Waals surface area contributed by atoms with E-state index in [-0.39, 0.29) is 0 Å². The second-order valence-corrected chi connectivity index (χ2v) is 14.6. The number of nitriles is 1. The predicted molar refractivity (Wildman–Crippen MR) is 195 cm³/mol. The van der Waals surface area contributed by atoms with Gasteiger partial charge in [-0.1, -0.05) is 51.1 Å². The van der Waals surface area contributed by atoms with E-state index >= 15 is 0 Å². The summed E-state index contributed by atoms with van der Waals surface area (Å²) in [7, 11) is 0. The van der Waals surface area contributed by atoms with Gasteiger partial charge in [-0.3, -0.25) is 14.9 Å². The second-order valence-electron chi connectivity index (χ2n) is 14.6. The Morgan fingerprint density at radius 1 is 0.938 bits per heavy atom. The van der Waals surface area contributed by atoms with E-state index in [1.165, 1.54) is 24.0 Å². The monoisotopic (exact) mass is 633 g/mol. The number of anilines is 2. The Morgan fingerprint density at radius 2 is 1.71 bits per heavy atom. The number of aliphatic imine (C=N–C) groups is 1. The third-order valence-electron chi connectivity index (χ3n) is 10.1. The maximum atomic E-state index is 10.1. The molecule has 2 aliphatic heterocycles. The molecule has 0 atom stereocenters. The summed E-state index contributed by atoms with van der Waals surface area (Å²) in [6, 6.07) is 23.6. The van der Waals surface area contributed by atoms with Crippen LogP contribution >= 0.6 is 0 Å². The van der Waals surface area contributed by atoms with Crippen molar-refractivity contribution in [2.45, 2.75) is 67.3 Å². The van der Waals surface area contributed by atoms with Crippen LogP contribution in [0.5, 0.6) is 0 Å². The summed E-state index contributed by atoms with van der Waals surface area (Å²) in [5.41, 5.74) is 13.4. The number of rotatable bonds is 6. The fourth-order valence-electron chi connectivity index (χ4n) is 7.40. The van der Waals surface area contributed by atoms with E-state index in [4.69, 9.17) is 4.99 Å². The number of nitrogens with one attached hydrogen (secondary N) is 1. The zero-order chi connectivity index (χ0) is 33.6. The molecule has 4 heterocycles. The molecule has 0 amide bonds. The molecule has 1 fully saturated rings. The van der Waals surface area contributed by atoms with Gasteiger partial charge in [0.25, 0.3) is 0 Å². The van der Waals surface area contributed by atoms with Crippen LogP contribution in [0.15, 0.2) is 71.9 Å². The number of benzene rings is 3. The number of hydrogen-bond acceptors (Lipinski definition) is 7. The Balaban J connectivity index is 1.14. The van der Waals surface area contributed by atoms with Gasteiger partial charge in [-0.05, 0) is 122 Å². The highest BCUT2D eigenvalue weighted by molar-refractivity contribution is 6.09.